The topological polar surface area (TPSA) is 6.48 Å². The van der Waals surface area contributed by atoms with E-state index in [1.54, 1.807) is 0 Å². The Labute approximate surface area is 186 Å². The second-order valence-electron chi connectivity index (χ2n) is 8.22. The van der Waals surface area contributed by atoms with Crippen LogP contribution in [0.2, 0.25) is 0 Å². The molecule has 154 valence electrons. The molecule has 0 N–H and O–H groups in total. The van der Waals surface area contributed by atoms with Crippen molar-refractivity contribution >= 4 is 18.8 Å². The van der Waals surface area contributed by atoms with Gasteiger partial charge in [-0.3, -0.25) is 9.13 Å². The van der Waals surface area contributed by atoms with Gasteiger partial charge >= 0.3 is 0 Å². The summed E-state index contributed by atoms with van der Waals surface area (Å²) in [5.41, 5.74) is 2.76. The van der Waals surface area contributed by atoms with Gasteiger partial charge in [0.25, 0.3) is 8.40 Å². The number of benzene rings is 4. The minimum Gasteiger partial charge on any atom is -0.299 e. The highest BCUT2D eigenvalue weighted by atomic mass is 28.3. The zero-order chi connectivity index (χ0) is 20.9. The molecule has 0 atom stereocenters. The summed E-state index contributed by atoms with van der Waals surface area (Å²) in [5.74, 6) is 0. The summed E-state index contributed by atoms with van der Waals surface area (Å²) >= 11 is 0. The van der Waals surface area contributed by atoms with Gasteiger partial charge in [0.05, 0.1) is 0 Å². The van der Waals surface area contributed by atoms with Crippen LogP contribution >= 0.6 is 0 Å². The third-order valence-corrected chi connectivity index (χ3v) is 11.2. The van der Waals surface area contributed by atoms with Crippen LogP contribution in [-0.4, -0.2) is 30.6 Å². The summed E-state index contributed by atoms with van der Waals surface area (Å²) in [6.45, 7) is 4.11. The van der Waals surface area contributed by atoms with Gasteiger partial charge in [0.2, 0.25) is 0 Å². The van der Waals surface area contributed by atoms with E-state index in [0.717, 1.165) is 26.2 Å². The first-order valence-corrected chi connectivity index (χ1v) is 13.0. The van der Waals surface area contributed by atoms with Gasteiger partial charge in [0, 0.05) is 26.2 Å². The first-order chi connectivity index (χ1) is 15.4. The number of nitrogens with zero attached hydrogens (tertiary/aromatic N) is 2. The van der Waals surface area contributed by atoms with Crippen molar-refractivity contribution in [1.82, 2.24) is 9.13 Å². The van der Waals surface area contributed by atoms with Crippen molar-refractivity contribution < 1.29 is 0 Å². The quantitative estimate of drug-likeness (QED) is 0.430. The lowest BCUT2D eigenvalue weighted by Crippen LogP contribution is -2.74. The molecule has 1 heterocycles. The van der Waals surface area contributed by atoms with Crippen LogP contribution < -0.4 is 10.4 Å². The second kappa shape index (κ2) is 9.02. The average Bonchev–Trinajstić information content (AvgIpc) is 3.19. The fraction of sp³-hybridized carbons (Fsp3) is 0.143. The van der Waals surface area contributed by atoms with Crippen molar-refractivity contribution in [3.05, 3.63) is 132 Å². The van der Waals surface area contributed by atoms with Crippen LogP contribution in [0.3, 0.4) is 0 Å². The standard InChI is InChI=1S/C28H28N2Si/c1-5-13-25(14-6-1)23-29-21-22-30(24-26-15-7-2-8-16-26)31(29,27-17-9-3-10-18-27)28-19-11-4-12-20-28/h1-20H,21-24H2. The lowest BCUT2D eigenvalue weighted by molar-refractivity contribution is 0.458. The maximum absolute atomic E-state index is 2.79. The monoisotopic (exact) mass is 420 g/mol. The molecule has 0 amide bonds. The Hall–Kier alpha value is -2.98. The highest BCUT2D eigenvalue weighted by Gasteiger charge is 2.53. The van der Waals surface area contributed by atoms with Gasteiger partial charge in [0.1, 0.15) is 0 Å². The minimum absolute atomic E-state index is 0.974. The van der Waals surface area contributed by atoms with Gasteiger partial charge in [0.15, 0.2) is 0 Å². The molecule has 3 heteroatoms. The Morgan fingerprint density at radius 2 is 0.774 bits per heavy atom. The summed E-state index contributed by atoms with van der Waals surface area (Å²) in [7, 11) is -2.34. The van der Waals surface area contributed by atoms with Crippen LogP contribution in [0.25, 0.3) is 0 Å². The maximum Gasteiger partial charge on any atom is 0.273 e. The molecular weight excluding hydrogens is 392 g/mol. The Morgan fingerprint density at radius 1 is 0.452 bits per heavy atom. The van der Waals surface area contributed by atoms with Crippen LogP contribution in [0.5, 0.6) is 0 Å². The van der Waals surface area contributed by atoms with Gasteiger partial charge in [-0.1, -0.05) is 121 Å². The number of hydrogen-bond donors (Lipinski definition) is 0. The van der Waals surface area contributed by atoms with Crippen molar-refractivity contribution in [3.63, 3.8) is 0 Å². The fourth-order valence-corrected chi connectivity index (χ4v) is 10.2. The number of hydrogen-bond acceptors (Lipinski definition) is 2. The Balaban J connectivity index is 1.66. The molecular formula is C28H28N2Si. The smallest absolute Gasteiger partial charge is 0.273 e. The fourth-order valence-electron chi connectivity index (χ4n) is 5.00. The Bertz CT molecular complexity index is 994. The Kier molecular flexibility index (Phi) is 5.81. The van der Waals surface area contributed by atoms with Gasteiger partial charge in [-0.25, -0.2) is 0 Å². The second-order valence-corrected chi connectivity index (χ2v) is 12.0. The zero-order valence-corrected chi connectivity index (χ0v) is 18.8. The van der Waals surface area contributed by atoms with E-state index < -0.39 is 8.40 Å². The summed E-state index contributed by atoms with van der Waals surface area (Å²) < 4.78 is 5.58. The van der Waals surface area contributed by atoms with Gasteiger partial charge in [-0.05, 0) is 21.5 Å². The molecule has 0 aromatic heterocycles. The summed E-state index contributed by atoms with van der Waals surface area (Å²) in [5, 5.41) is 2.93. The highest BCUT2D eigenvalue weighted by molar-refractivity contribution is 6.98. The first kappa shape index (κ1) is 19.9. The maximum atomic E-state index is 2.79. The van der Waals surface area contributed by atoms with Gasteiger partial charge < -0.3 is 0 Å². The molecule has 1 fully saturated rings. The van der Waals surface area contributed by atoms with Crippen LogP contribution in [-0.2, 0) is 13.1 Å². The highest BCUT2D eigenvalue weighted by Crippen LogP contribution is 2.27. The van der Waals surface area contributed by atoms with E-state index in [-0.39, 0.29) is 0 Å². The van der Waals surface area contributed by atoms with E-state index in [9.17, 15) is 0 Å². The molecule has 0 aliphatic carbocycles. The Morgan fingerprint density at radius 3 is 1.13 bits per heavy atom. The van der Waals surface area contributed by atoms with Gasteiger partial charge in [-0.2, -0.15) is 0 Å². The van der Waals surface area contributed by atoms with E-state index in [4.69, 9.17) is 0 Å². The zero-order valence-electron chi connectivity index (χ0n) is 17.8. The van der Waals surface area contributed by atoms with Crippen molar-refractivity contribution in [2.45, 2.75) is 13.1 Å². The molecule has 1 aliphatic heterocycles. The molecule has 4 aromatic rings. The van der Waals surface area contributed by atoms with Gasteiger partial charge in [-0.15, -0.1) is 0 Å². The van der Waals surface area contributed by atoms with Crippen molar-refractivity contribution in [3.8, 4) is 0 Å². The lowest BCUT2D eigenvalue weighted by Gasteiger charge is -2.42. The summed E-state index contributed by atoms with van der Waals surface area (Å²) in [6, 6.07) is 44.3. The van der Waals surface area contributed by atoms with Crippen LogP contribution in [0.15, 0.2) is 121 Å². The molecule has 0 unspecified atom stereocenters. The number of rotatable bonds is 6. The summed E-state index contributed by atoms with van der Waals surface area (Å²) in [4.78, 5) is 0. The molecule has 4 aromatic carbocycles. The normalized spacial score (nSPS) is 16.4. The molecule has 5 rings (SSSR count). The van der Waals surface area contributed by atoms with Crippen LogP contribution in [0.1, 0.15) is 11.1 Å². The predicted octanol–water partition coefficient (Wildman–Crippen LogP) is 4.26. The van der Waals surface area contributed by atoms with Crippen LogP contribution in [0, 0.1) is 0 Å². The summed E-state index contributed by atoms with van der Waals surface area (Å²) in [6.07, 6.45) is 0. The van der Waals surface area contributed by atoms with Crippen molar-refractivity contribution in [1.29, 1.82) is 0 Å². The van der Waals surface area contributed by atoms with E-state index in [1.165, 1.54) is 21.5 Å². The van der Waals surface area contributed by atoms with E-state index in [1.807, 2.05) is 0 Å². The van der Waals surface area contributed by atoms with Crippen LogP contribution in [0.4, 0.5) is 0 Å². The molecule has 1 aliphatic rings. The lowest BCUT2D eigenvalue weighted by atomic mass is 10.2. The van der Waals surface area contributed by atoms with Crippen molar-refractivity contribution in [2.24, 2.45) is 0 Å². The predicted molar refractivity (Wildman–Crippen MR) is 132 cm³/mol. The minimum atomic E-state index is -2.34. The molecule has 0 spiro atoms. The van der Waals surface area contributed by atoms with Crippen molar-refractivity contribution in [2.75, 3.05) is 13.1 Å². The van der Waals surface area contributed by atoms with E-state index in [2.05, 4.69) is 130 Å². The third-order valence-electron chi connectivity index (χ3n) is 6.34. The van der Waals surface area contributed by atoms with E-state index >= 15 is 0 Å². The molecule has 0 radical (unpaired) electrons. The molecule has 31 heavy (non-hydrogen) atoms. The first-order valence-electron chi connectivity index (χ1n) is 11.1. The molecule has 0 bridgehead atoms. The average molecular weight is 421 g/mol. The van der Waals surface area contributed by atoms with E-state index in [0.29, 0.717) is 0 Å². The third kappa shape index (κ3) is 3.88. The SMILES string of the molecule is c1ccc(CN2CCN(Cc3ccccc3)[Si]2(c2ccccc2)c2ccccc2)cc1. The molecule has 0 saturated carbocycles. The molecule has 2 nitrogen and oxygen atoms in total. The molecule has 1 saturated heterocycles. The largest absolute Gasteiger partial charge is 0.299 e.